The Morgan fingerprint density at radius 1 is 1.25 bits per heavy atom. The predicted molar refractivity (Wildman–Crippen MR) is 101 cm³/mol. The molecule has 0 radical (unpaired) electrons. The molecule has 1 saturated heterocycles. The maximum absolute atomic E-state index is 12.9. The Balaban J connectivity index is 1.63. The van der Waals surface area contributed by atoms with Crippen molar-refractivity contribution in [3.63, 3.8) is 0 Å². The van der Waals surface area contributed by atoms with Crippen molar-refractivity contribution in [2.75, 3.05) is 33.7 Å². The number of halogens is 3. The fraction of sp³-hybridized carbons (Fsp3) is 0.600. The van der Waals surface area contributed by atoms with Crippen LogP contribution in [-0.2, 0) is 6.18 Å². The van der Waals surface area contributed by atoms with Crippen molar-refractivity contribution < 1.29 is 17.7 Å². The zero-order valence-electron chi connectivity index (χ0n) is 16.5. The van der Waals surface area contributed by atoms with E-state index in [9.17, 15) is 13.2 Å². The highest BCUT2D eigenvalue weighted by molar-refractivity contribution is 5.55. The average molecular weight is 396 g/mol. The van der Waals surface area contributed by atoms with E-state index in [4.69, 9.17) is 4.52 Å². The average Bonchev–Trinajstić information content (AvgIpc) is 3.16. The highest BCUT2D eigenvalue weighted by Crippen LogP contribution is 2.32. The molecular weight excluding hydrogens is 369 g/mol. The summed E-state index contributed by atoms with van der Waals surface area (Å²) in [5.41, 5.74) is -0.413. The van der Waals surface area contributed by atoms with Crippen LogP contribution in [0.5, 0.6) is 0 Å². The first-order chi connectivity index (χ1) is 13.2. The van der Waals surface area contributed by atoms with E-state index in [1.165, 1.54) is 12.5 Å². The molecule has 5 nitrogen and oxygen atoms in total. The fourth-order valence-electron chi connectivity index (χ4n) is 3.58. The number of benzene rings is 1. The van der Waals surface area contributed by atoms with E-state index in [1.807, 2.05) is 6.92 Å². The minimum atomic E-state index is -4.40. The van der Waals surface area contributed by atoms with E-state index in [1.54, 1.807) is 6.07 Å². The third-order valence-corrected chi connectivity index (χ3v) is 5.43. The molecule has 154 valence electrons. The molecule has 1 fully saturated rings. The second-order valence-electron chi connectivity index (χ2n) is 7.78. The van der Waals surface area contributed by atoms with Gasteiger partial charge in [-0.2, -0.15) is 18.2 Å². The molecule has 2 aromatic rings. The zero-order valence-corrected chi connectivity index (χ0v) is 16.5. The van der Waals surface area contributed by atoms with Gasteiger partial charge in [0, 0.05) is 5.56 Å². The Bertz CT molecular complexity index is 767. The predicted octanol–water partition coefficient (Wildman–Crippen LogP) is 4.48. The molecule has 8 heteroatoms. The normalized spacial score (nSPS) is 18.0. The first kappa shape index (κ1) is 20.8. The van der Waals surface area contributed by atoms with Crippen molar-refractivity contribution in [3.8, 4) is 11.4 Å². The third kappa shape index (κ3) is 5.11. The van der Waals surface area contributed by atoms with E-state index >= 15 is 0 Å². The smallest absolute Gasteiger partial charge is 0.337 e. The summed E-state index contributed by atoms with van der Waals surface area (Å²) in [7, 11) is 4.18. The van der Waals surface area contributed by atoms with Gasteiger partial charge in [0.2, 0.25) is 11.7 Å². The number of likely N-dealkylation sites (tertiary alicyclic amines) is 1. The molecule has 0 N–H and O–H groups in total. The Morgan fingerprint density at radius 2 is 1.96 bits per heavy atom. The summed E-state index contributed by atoms with van der Waals surface area (Å²) in [6.07, 6.45) is -0.929. The molecule has 0 saturated carbocycles. The van der Waals surface area contributed by atoms with Crippen LogP contribution in [0, 0.1) is 5.92 Å². The lowest BCUT2D eigenvalue weighted by molar-refractivity contribution is -0.137. The highest BCUT2D eigenvalue weighted by Gasteiger charge is 2.31. The number of rotatable bonds is 6. The summed E-state index contributed by atoms with van der Waals surface area (Å²) < 4.78 is 44.1. The van der Waals surface area contributed by atoms with Crippen LogP contribution in [0.3, 0.4) is 0 Å². The molecule has 1 aliphatic rings. The summed E-state index contributed by atoms with van der Waals surface area (Å²) in [6, 6.07) is 4.95. The Labute approximate surface area is 163 Å². The monoisotopic (exact) mass is 396 g/mol. The number of hydrogen-bond donors (Lipinski definition) is 0. The Hall–Kier alpha value is -1.93. The van der Waals surface area contributed by atoms with Gasteiger partial charge in [-0.15, -0.1) is 0 Å². The quantitative estimate of drug-likeness (QED) is 0.720. The lowest BCUT2D eigenvalue weighted by Crippen LogP contribution is -2.36. The lowest BCUT2D eigenvalue weighted by atomic mass is 9.92. The topological polar surface area (TPSA) is 45.4 Å². The minimum absolute atomic E-state index is 0.0538. The van der Waals surface area contributed by atoms with E-state index in [0.29, 0.717) is 11.5 Å². The first-order valence-corrected chi connectivity index (χ1v) is 9.64. The summed E-state index contributed by atoms with van der Waals surface area (Å²) in [5, 5.41) is 3.90. The van der Waals surface area contributed by atoms with Crippen LogP contribution in [0.4, 0.5) is 13.2 Å². The van der Waals surface area contributed by atoms with Crippen molar-refractivity contribution in [2.45, 2.75) is 38.4 Å². The van der Waals surface area contributed by atoms with E-state index < -0.39 is 11.7 Å². The third-order valence-electron chi connectivity index (χ3n) is 5.43. The molecule has 2 heterocycles. The van der Waals surface area contributed by atoms with Crippen LogP contribution in [0.2, 0.25) is 0 Å². The minimum Gasteiger partial charge on any atom is -0.337 e. The van der Waals surface area contributed by atoms with Crippen molar-refractivity contribution in [3.05, 3.63) is 35.7 Å². The van der Waals surface area contributed by atoms with Crippen LogP contribution in [0.15, 0.2) is 28.8 Å². The molecule has 0 aliphatic carbocycles. The van der Waals surface area contributed by atoms with Crippen LogP contribution in [-0.4, -0.2) is 53.7 Å². The van der Waals surface area contributed by atoms with Crippen LogP contribution in [0.25, 0.3) is 11.4 Å². The molecule has 3 rings (SSSR count). The largest absolute Gasteiger partial charge is 0.416 e. The summed E-state index contributed by atoms with van der Waals surface area (Å²) in [5.74, 6) is 1.36. The van der Waals surface area contributed by atoms with Crippen molar-refractivity contribution in [2.24, 2.45) is 5.92 Å². The number of hydrogen-bond acceptors (Lipinski definition) is 5. The van der Waals surface area contributed by atoms with Crippen molar-refractivity contribution in [1.29, 1.82) is 0 Å². The molecule has 1 aliphatic heterocycles. The van der Waals surface area contributed by atoms with E-state index in [-0.39, 0.29) is 11.9 Å². The standard InChI is InChI=1S/C20H27F3N4O/c1-14(27-11-8-15(9-12-27)7-10-26(2)3)19-24-18(25-28-19)16-5-4-6-17(13-16)20(21,22)23/h4-6,13-15H,7-12H2,1-3H3. The van der Waals surface area contributed by atoms with Gasteiger partial charge in [-0.25, -0.2) is 0 Å². The second kappa shape index (κ2) is 8.61. The SMILES string of the molecule is CC(c1nc(-c2cccc(C(F)(F)F)c2)no1)N1CCC(CCN(C)C)CC1. The zero-order chi connectivity index (χ0) is 20.3. The number of alkyl halides is 3. The molecule has 1 unspecified atom stereocenters. The maximum atomic E-state index is 12.9. The molecule has 0 bridgehead atoms. The van der Waals surface area contributed by atoms with Gasteiger partial charge >= 0.3 is 6.18 Å². The van der Waals surface area contributed by atoms with Crippen molar-refractivity contribution in [1.82, 2.24) is 19.9 Å². The van der Waals surface area contributed by atoms with Crippen LogP contribution in [0.1, 0.15) is 43.7 Å². The molecule has 1 aromatic heterocycles. The van der Waals surface area contributed by atoms with Gasteiger partial charge in [-0.1, -0.05) is 17.3 Å². The van der Waals surface area contributed by atoms with Gasteiger partial charge < -0.3 is 9.42 Å². The van der Waals surface area contributed by atoms with Gasteiger partial charge in [0.15, 0.2) is 0 Å². The maximum Gasteiger partial charge on any atom is 0.416 e. The van der Waals surface area contributed by atoms with Gasteiger partial charge in [-0.3, -0.25) is 4.90 Å². The summed E-state index contributed by atoms with van der Waals surface area (Å²) in [4.78, 5) is 8.88. The fourth-order valence-corrected chi connectivity index (χ4v) is 3.58. The van der Waals surface area contributed by atoms with Crippen LogP contribution < -0.4 is 0 Å². The summed E-state index contributed by atoms with van der Waals surface area (Å²) in [6.45, 7) is 5.02. The lowest BCUT2D eigenvalue weighted by Gasteiger charge is -2.34. The number of piperidine rings is 1. The van der Waals surface area contributed by atoms with Gasteiger partial charge in [-0.05, 0) is 78.0 Å². The molecule has 1 atom stereocenters. The number of nitrogens with zero attached hydrogens (tertiary/aromatic N) is 4. The Kier molecular flexibility index (Phi) is 6.40. The second-order valence-corrected chi connectivity index (χ2v) is 7.78. The van der Waals surface area contributed by atoms with Crippen LogP contribution >= 0.6 is 0 Å². The van der Waals surface area contributed by atoms with Crippen molar-refractivity contribution >= 4 is 0 Å². The molecular formula is C20H27F3N4O. The van der Waals surface area contributed by atoms with E-state index in [0.717, 1.165) is 50.5 Å². The first-order valence-electron chi connectivity index (χ1n) is 9.64. The summed E-state index contributed by atoms with van der Waals surface area (Å²) >= 11 is 0. The van der Waals surface area contributed by atoms with Gasteiger partial charge in [0.05, 0.1) is 11.6 Å². The molecule has 0 spiro atoms. The van der Waals surface area contributed by atoms with Gasteiger partial charge in [0.1, 0.15) is 0 Å². The highest BCUT2D eigenvalue weighted by atomic mass is 19.4. The molecule has 1 aromatic carbocycles. The van der Waals surface area contributed by atoms with Gasteiger partial charge in [0.25, 0.3) is 0 Å². The number of aromatic nitrogens is 2. The Morgan fingerprint density at radius 3 is 2.61 bits per heavy atom. The molecule has 0 amide bonds. The van der Waals surface area contributed by atoms with E-state index in [2.05, 4.69) is 34.0 Å². The molecule has 28 heavy (non-hydrogen) atoms.